The second-order valence-electron chi connectivity index (χ2n) is 3.52. The number of alkyl halides is 1. The molecule has 1 aliphatic heterocycles. The van der Waals surface area contributed by atoms with Gasteiger partial charge < -0.3 is 4.90 Å². The molecular weight excluding hydrogens is 259 g/mol. The van der Waals surface area contributed by atoms with Crippen LogP contribution in [0.25, 0.3) is 0 Å². The Morgan fingerprint density at radius 2 is 1.94 bits per heavy atom. The Balaban J connectivity index is 2.41. The van der Waals surface area contributed by atoms with E-state index in [1.54, 1.807) is 0 Å². The van der Waals surface area contributed by atoms with Gasteiger partial charge in [0.1, 0.15) is 0 Å². The zero-order chi connectivity index (χ0) is 11.9. The van der Waals surface area contributed by atoms with Crippen LogP contribution in [0.15, 0.2) is 12.1 Å². The minimum absolute atomic E-state index is 0.00184. The molecule has 0 aliphatic carbocycles. The third-order valence-electron chi connectivity index (χ3n) is 2.36. The number of halogens is 4. The summed E-state index contributed by atoms with van der Waals surface area (Å²) >= 11 is 11.6. The summed E-state index contributed by atoms with van der Waals surface area (Å²) < 4.78 is 25.9. The van der Waals surface area contributed by atoms with Crippen molar-refractivity contribution in [3.63, 3.8) is 0 Å². The van der Waals surface area contributed by atoms with Crippen LogP contribution >= 0.6 is 23.2 Å². The maximum Gasteiger partial charge on any atom is 0.228 e. The van der Waals surface area contributed by atoms with Crippen molar-refractivity contribution >= 4 is 34.8 Å². The molecule has 6 heteroatoms. The average molecular weight is 266 g/mol. The van der Waals surface area contributed by atoms with Gasteiger partial charge in [0.05, 0.1) is 16.1 Å². The zero-order valence-electron chi connectivity index (χ0n) is 8.01. The third kappa shape index (κ3) is 1.99. The molecule has 16 heavy (non-hydrogen) atoms. The number of carbonyl (C=O) groups excluding carboxylic acids is 1. The highest BCUT2D eigenvalue weighted by molar-refractivity contribution is 6.34. The van der Waals surface area contributed by atoms with Gasteiger partial charge in [-0.1, -0.05) is 11.6 Å². The Hall–Kier alpha value is -0.870. The number of hydrogen-bond donors (Lipinski definition) is 0. The third-order valence-corrected chi connectivity index (χ3v) is 2.95. The smallest absolute Gasteiger partial charge is 0.228 e. The SMILES string of the molecule is O=C1CC(Cl)CN1c1cc(F)c(F)cc1Cl. The molecule has 1 unspecified atom stereocenters. The van der Waals surface area contributed by atoms with Gasteiger partial charge in [0, 0.05) is 19.0 Å². The number of nitrogens with zero attached hydrogens (tertiary/aromatic N) is 1. The standard InChI is InChI=1S/C10H7Cl2F2NO/c11-5-1-10(16)15(4-5)9-3-8(14)7(13)2-6(9)12/h2-3,5H,1,4H2. The number of benzene rings is 1. The van der Waals surface area contributed by atoms with E-state index in [1.807, 2.05) is 0 Å². The molecule has 86 valence electrons. The monoisotopic (exact) mass is 265 g/mol. The average Bonchev–Trinajstić information content (AvgIpc) is 2.51. The Kier molecular flexibility index (Phi) is 3.04. The molecular formula is C10H7Cl2F2NO. The topological polar surface area (TPSA) is 20.3 Å². The number of amides is 1. The molecule has 1 amide bonds. The lowest BCUT2D eigenvalue weighted by molar-refractivity contribution is -0.117. The largest absolute Gasteiger partial charge is 0.309 e. The van der Waals surface area contributed by atoms with Crippen molar-refractivity contribution in [3.05, 3.63) is 28.8 Å². The molecule has 1 saturated heterocycles. The van der Waals surface area contributed by atoms with Crippen molar-refractivity contribution in [2.45, 2.75) is 11.8 Å². The number of rotatable bonds is 1. The van der Waals surface area contributed by atoms with Crippen LogP contribution in [0.2, 0.25) is 5.02 Å². The van der Waals surface area contributed by atoms with E-state index in [2.05, 4.69) is 0 Å². The summed E-state index contributed by atoms with van der Waals surface area (Å²) in [6, 6.07) is 1.76. The molecule has 1 atom stereocenters. The van der Waals surface area contributed by atoms with Crippen molar-refractivity contribution < 1.29 is 13.6 Å². The van der Waals surface area contributed by atoms with Crippen molar-refractivity contribution in [1.29, 1.82) is 0 Å². The fourth-order valence-electron chi connectivity index (χ4n) is 1.62. The van der Waals surface area contributed by atoms with Crippen LogP contribution in [0.3, 0.4) is 0 Å². The van der Waals surface area contributed by atoms with E-state index in [0.717, 1.165) is 12.1 Å². The van der Waals surface area contributed by atoms with E-state index in [4.69, 9.17) is 23.2 Å². The lowest BCUT2D eigenvalue weighted by Gasteiger charge is -2.17. The first kappa shape index (κ1) is 11.6. The highest BCUT2D eigenvalue weighted by Gasteiger charge is 2.31. The predicted octanol–water partition coefficient (Wildman–Crippen LogP) is 2.96. The molecule has 0 bridgehead atoms. The summed E-state index contributed by atoms with van der Waals surface area (Å²) in [6.07, 6.45) is 0.177. The summed E-state index contributed by atoms with van der Waals surface area (Å²) in [4.78, 5) is 12.8. The molecule has 1 aliphatic rings. The van der Waals surface area contributed by atoms with E-state index in [0.29, 0.717) is 0 Å². The van der Waals surface area contributed by atoms with Crippen LogP contribution in [-0.2, 0) is 4.79 Å². The molecule has 0 N–H and O–H groups in total. The first-order valence-electron chi connectivity index (χ1n) is 4.58. The number of hydrogen-bond acceptors (Lipinski definition) is 1. The summed E-state index contributed by atoms with van der Waals surface area (Å²) in [5.74, 6) is -2.32. The Labute approximate surface area is 101 Å². The van der Waals surface area contributed by atoms with Gasteiger partial charge in [0.25, 0.3) is 0 Å². The van der Waals surface area contributed by atoms with Gasteiger partial charge >= 0.3 is 0 Å². The lowest BCUT2D eigenvalue weighted by Crippen LogP contribution is -2.25. The Morgan fingerprint density at radius 3 is 2.50 bits per heavy atom. The van der Waals surface area contributed by atoms with E-state index in [-0.39, 0.29) is 35.0 Å². The molecule has 2 nitrogen and oxygen atoms in total. The Morgan fingerprint density at radius 1 is 1.31 bits per heavy atom. The van der Waals surface area contributed by atoms with Crippen molar-refractivity contribution in [2.24, 2.45) is 0 Å². The van der Waals surface area contributed by atoms with E-state index in [1.165, 1.54) is 4.90 Å². The normalized spacial score (nSPS) is 20.6. The first-order chi connectivity index (χ1) is 7.49. The molecule has 1 aromatic carbocycles. The maximum absolute atomic E-state index is 13.0. The second kappa shape index (κ2) is 4.18. The van der Waals surface area contributed by atoms with Crippen molar-refractivity contribution in [1.82, 2.24) is 0 Å². The fourth-order valence-corrected chi connectivity index (χ4v) is 2.14. The highest BCUT2D eigenvalue weighted by Crippen LogP contribution is 2.32. The predicted molar refractivity (Wildman–Crippen MR) is 58.0 cm³/mol. The molecule has 1 aromatic rings. The van der Waals surface area contributed by atoms with Gasteiger partial charge in [-0.05, 0) is 6.07 Å². The summed E-state index contributed by atoms with van der Waals surface area (Å²) in [5.41, 5.74) is 0.161. The highest BCUT2D eigenvalue weighted by atomic mass is 35.5. The minimum atomic E-state index is -1.04. The fraction of sp³-hybridized carbons (Fsp3) is 0.300. The van der Waals surface area contributed by atoms with Crippen LogP contribution in [0.1, 0.15) is 6.42 Å². The lowest BCUT2D eigenvalue weighted by atomic mass is 10.2. The van der Waals surface area contributed by atoms with Crippen LogP contribution < -0.4 is 4.90 Å². The second-order valence-corrected chi connectivity index (χ2v) is 4.55. The van der Waals surface area contributed by atoms with Gasteiger partial charge in [0.15, 0.2) is 11.6 Å². The molecule has 0 spiro atoms. The van der Waals surface area contributed by atoms with Crippen LogP contribution in [0.4, 0.5) is 14.5 Å². The number of carbonyl (C=O) groups is 1. The van der Waals surface area contributed by atoms with Gasteiger partial charge in [0.2, 0.25) is 5.91 Å². The quantitative estimate of drug-likeness (QED) is 0.565. The summed E-state index contributed by atoms with van der Waals surface area (Å²) in [5, 5.41) is -0.324. The molecule has 2 rings (SSSR count). The van der Waals surface area contributed by atoms with Crippen LogP contribution in [0, 0.1) is 11.6 Å². The van der Waals surface area contributed by atoms with Crippen LogP contribution in [0.5, 0.6) is 0 Å². The van der Waals surface area contributed by atoms with E-state index >= 15 is 0 Å². The molecule has 0 saturated carbocycles. The van der Waals surface area contributed by atoms with Gasteiger partial charge in [-0.3, -0.25) is 4.79 Å². The number of anilines is 1. The molecule has 1 fully saturated rings. The first-order valence-corrected chi connectivity index (χ1v) is 5.39. The van der Waals surface area contributed by atoms with Gasteiger partial charge in [-0.2, -0.15) is 0 Å². The van der Waals surface area contributed by atoms with E-state index in [9.17, 15) is 13.6 Å². The van der Waals surface area contributed by atoms with Gasteiger partial charge in [-0.15, -0.1) is 11.6 Å². The maximum atomic E-state index is 13.0. The molecule has 1 heterocycles. The zero-order valence-corrected chi connectivity index (χ0v) is 9.53. The molecule has 0 aromatic heterocycles. The minimum Gasteiger partial charge on any atom is -0.309 e. The van der Waals surface area contributed by atoms with Crippen LogP contribution in [-0.4, -0.2) is 17.8 Å². The van der Waals surface area contributed by atoms with E-state index < -0.39 is 11.6 Å². The van der Waals surface area contributed by atoms with Gasteiger partial charge in [-0.25, -0.2) is 8.78 Å². The molecule has 0 radical (unpaired) electrons. The van der Waals surface area contributed by atoms with Crippen molar-refractivity contribution in [3.8, 4) is 0 Å². The van der Waals surface area contributed by atoms with Crippen molar-refractivity contribution in [2.75, 3.05) is 11.4 Å². The Bertz CT molecular complexity index is 453. The summed E-state index contributed by atoms with van der Waals surface area (Å²) in [7, 11) is 0. The summed E-state index contributed by atoms with van der Waals surface area (Å²) in [6.45, 7) is 0.255.